The Morgan fingerprint density at radius 2 is 1.84 bits per heavy atom. The predicted molar refractivity (Wildman–Crippen MR) is 81.9 cm³/mol. The summed E-state index contributed by atoms with van der Waals surface area (Å²) in [6, 6.07) is 0.920. The highest BCUT2D eigenvalue weighted by Gasteiger charge is 2.25. The summed E-state index contributed by atoms with van der Waals surface area (Å²) < 4.78 is 0. The monoisotopic (exact) mass is 279 g/mol. The molecule has 0 radical (unpaired) electrons. The van der Waals surface area contributed by atoms with Crippen molar-refractivity contribution in [2.75, 3.05) is 11.9 Å². The van der Waals surface area contributed by atoms with Crippen molar-refractivity contribution >= 4 is 16.5 Å². The van der Waals surface area contributed by atoms with Crippen LogP contribution in [0.4, 0.5) is 5.13 Å². The SMILES string of the molecule is CN(c1nc2c(s1)C(N)CCC2)C1CCCCCC1. The smallest absolute Gasteiger partial charge is 0.185 e. The maximum atomic E-state index is 6.22. The number of nitrogens with zero attached hydrogens (tertiary/aromatic N) is 2. The number of fused-ring (bicyclic) bond motifs is 1. The fourth-order valence-electron chi connectivity index (χ4n) is 3.39. The summed E-state index contributed by atoms with van der Waals surface area (Å²) in [7, 11) is 2.23. The minimum Gasteiger partial charge on any atom is -0.348 e. The number of hydrogen-bond acceptors (Lipinski definition) is 4. The third-order valence-electron chi connectivity index (χ3n) is 4.66. The van der Waals surface area contributed by atoms with E-state index in [4.69, 9.17) is 10.7 Å². The van der Waals surface area contributed by atoms with Gasteiger partial charge < -0.3 is 10.6 Å². The number of thiazole rings is 1. The molecule has 3 nitrogen and oxygen atoms in total. The number of aromatic nitrogens is 1. The minimum absolute atomic E-state index is 0.234. The topological polar surface area (TPSA) is 42.2 Å². The minimum atomic E-state index is 0.234. The molecule has 3 rings (SSSR count). The highest BCUT2D eigenvalue weighted by atomic mass is 32.1. The van der Waals surface area contributed by atoms with E-state index in [1.165, 1.54) is 60.6 Å². The molecular formula is C15H25N3S. The molecule has 2 N–H and O–H groups in total. The third-order valence-corrected chi connectivity index (χ3v) is 5.98. The van der Waals surface area contributed by atoms with E-state index >= 15 is 0 Å². The highest BCUT2D eigenvalue weighted by molar-refractivity contribution is 7.15. The van der Waals surface area contributed by atoms with Crippen LogP contribution in [0, 0.1) is 0 Å². The van der Waals surface area contributed by atoms with Crippen LogP contribution < -0.4 is 10.6 Å². The van der Waals surface area contributed by atoms with Gasteiger partial charge in [-0.25, -0.2) is 4.98 Å². The standard InChI is InChI=1S/C15H25N3S/c1-18(11-7-4-2-3-5-8-11)15-17-13-10-6-9-12(16)14(13)19-15/h11-12H,2-10,16H2,1H3. The van der Waals surface area contributed by atoms with Gasteiger partial charge in [0.05, 0.1) is 5.69 Å². The average molecular weight is 279 g/mol. The van der Waals surface area contributed by atoms with Gasteiger partial charge in [-0.1, -0.05) is 37.0 Å². The molecule has 106 valence electrons. The van der Waals surface area contributed by atoms with Gasteiger partial charge in [0.25, 0.3) is 0 Å². The molecule has 1 unspecified atom stereocenters. The normalized spacial score (nSPS) is 24.8. The molecule has 1 fully saturated rings. The van der Waals surface area contributed by atoms with Gasteiger partial charge in [-0.3, -0.25) is 0 Å². The molecule has 0 saturated heterocycles. The highest BCUT2D eigenvalue weighted by Crippen LogP contribution is 2.37. The summed E-state index contributed by atoms with van der Waals surface area (Å²) in [6.07, 6.45) is 11.7. The molecule has 0 spiro atoms. The quantitative estimate of drug-likeness (QED) is 0.840. The van der Waals surface area contributed by atoms with Crippen molar-refractivity contribution in [2.24, 2.45) is 5.73 Å². The van der Waals surface area contributed by atoms with Gasteiger partial charge >= 0.3 is 0 Å². The number of anilines is 1. The van der Waals surface area contributed by atoms with Crippen molar-refractivity contribution in [1.29, 1.82) is 0 Å². The van der Waals surface area contributed by atoms with Crippen LogP contribution in [0.25, 0.3) is 0 Å². The summed E-state index contributed by atoms with van der Waals surface area (Å²) >= 11 is 1.84. The molecule has 4 heteroatoms. The zero-order valence-corrected chi connectivity index (χ0v) is 12.7. The first kappa shape index (κ1) is 13.4. The van der Waals surface area contributed by atoms with Crippen molar-refractivity contribution in [3.8, 4) is 0 Å². The van der Waals surface area contributed by atoms with E-state index in [2.05, 4.69) is 11.9 Å². The van der Waals surface area contributed by atoms with E-state index in [0.29, 0.717) is 6.04 Å². The van der Waals surface area contributed by atoms with E-state index in [1.54, 1.807) is 0 Å². The molecule has 2 aliphatic rings. The molecule has 1 aromatic rings. The zero-order chi connectivity index (χ0) is 13.2. The Morgan fingerprint density at radius 1 is 1.11 bits per heavy atom. The van der Waals surface area contributed by atoms with Crippen molar-refractivity contribution < 1.29 is 0 Å². The fourth-order valence-corrected chi connectivity index (χ4v) is 4.57. The van der Waals surface area contributed by atoms with Crippen LogP contribution in [0.15, 0.2) is 0 Å². The molecule has 1 aromatic heterocycles. The second-order valence-electron chi connectivity index (χ2n) is 6.06. The van der Waals surface area contributed by atoms with E-state index in [9.17, 15) is 0 Å². The van der Waals surface area contributed by atoms with E-state index in [1.807, 2.05) is 11.3 Å². The van der Waals surface area contributed by atoms with Crippen molar-refractivity contribution in [3.63, 3.8) is 0 Å². The summed E-state index contributed by atoms with van der Waals surface area (Å²) in [5, 5.41) is 1.20. The Bertz CT molecular complexity index is 421. The molecular weight excluding hydrogens is 254 g/mol. The van der Waals surface area contributed by atoms with Crippen molar-refractivity contribution in [1.82, 2.24) is 4.98 Å². The van der Waals surface area contributed by atoms with Crippen LogP contribution in [0.3, 0.4) is 0 Å². The second-order valence-corrected chi connectivity index (χ2v) is 7.07. The van der Waals surface area contributed by atoms with Gasteiger partial charge in [-0.05, 0) is 32.1 Å². The number of nitrogens with two attached hydrogens (primary N) is 1. The Hall–Kier alpha value is -0.610. The number of rotatable bonds is 2. The predicted octanol–water partition coefficient (Wildman–Crippen LogP) is 3.64. The molecule has 0 aliphatic heterocycles. The van der Waals surface area contributed by atoms with E-state index in [-0.39, 0.29) is 6.04 Å². The second kappa shape index (κ2) is 5.80. The largest absolute Gasteiger partial charge is 0.348 e. The third kappa shape index (κ3) is 2.79. The molecule has 0 amide bonds. The van der Waals surface area contributed by atoms with Crippen LogP contribution in [-0.2, 0) is 6.42 Å². The first-order valence-corrected chi connectivity index (χ1v) is 8.55. The maximum absolute atomic E-state index is 6.22. The van der Waals surface area contributed by atoms with Gasteiger partial charge in [0.2, 0.25) is 0 Å². The molecule has 1 atom stereocenters. The van der Waals surface area contributed by atoms with E-state index in [0.717, 1.165) is 12.8 Å². The lowest BCUT2D eigenvalue weighted by molar-refractivity contribution is 0.550. The lowest BCUT2D eigenvalue weighted by Crippen LogP contribution is -2.30. The van der Waals surface area contributed by atoms with Gasteiger partial charge in [0.1, 0.15) is 0 Å². The van der Waals surface area contributed by atoms with Crippen LogP contribution >= 0.6 is 11.3 Å². The molecule has 2 aliphatic carbocycles. The Balaban J connectivity index is 1.77. The van der Waals surface area contributed by atoms with Gasteiger partial charge in [0, 0.05) is 24.0 Å². The summed E-state index contributed by atoms with van der Waals surface area (Å²) in [6.45, 7) is 0. The van der Waals surface area contributed by atoms with Crippen LogP contribution in [-0.4, -0.2) is 18.1 Å². The maximum Gasteiger partial charge on any atom is 0.185 e. The van der Waals surface area contributed by atoms with Gasteiger partial charge in [-0.15, -0.1) is 0 Å². The molecule has 1 saturated carbocycles. The Morgan fingerprint density at radius 3 is 2.53 bits per heavy atom. The van der Waals surface area contributed by atoms with Crippen LogP contribution in [0.1, 0.15) is 68.0 Å². The summed E-state index contributed by atoms with van der Waals surface area (Å²) in [5.74, 6) is 0. The number of aryl methyl sites for hydroxylation is 1. The fraction of sp³-hybridized carbons (Fsp3) is 0.800. The lowest BCUT2D eigenvalue weighted by Gasteiger charge is -2.26. The van der Waals surface area contributed by atoms with E-state index < -0.39 is 0 Å². The van der Waals surface area contributed by atoms with Gasteiger partial charge in [-0.2, -0.15) is 0 Å². The first-order chi connectivity index (χ1) is 9.25. The molecule has 0 aromatic carbocycles. The zero-order valence-electron chi connectivity index (χ0n) is 11.9. The Labute approximate surface area is 120 Å². The average Bonchev–Trinajstić information content (AvgIpc) is 2.67. The molecule has 0 bridgehead atoms. The summed E-state index contributed by atoms with van der Waals surface area (Å²) in [5.41, 5.74) is 7.49. The van der Waals surface area contributed by atoms with Crippen molar-refractivity contribution in [2.45, 2.75) is 69.9 Å². The Kier molecular flexibility index (Phi) is 4.08. The van der Waals surface area contributed by atoms with Crippen LogP contribution in [0.2, 0.25) is 0 Å². The van der Waals surface area contributed by atoms with Gasteiger partial charge in [0.15, 0.2) is 5.13 Å². The molecule has 19 heavy (non-hydrogen) atoms. The van der Waals surface area contributed by atoms with Crippen LogP contribution in [0.5, 0.6) is 0 Å². The summed E-state index contributed by atoms with van der Waals surface area (Å²) in [4.78, 5) is 8.65. The first-order valence-electron chi connectivity index (χ1n) is 7.73. The molecule has 1 heterocycles. The van der Waals surface area contributed by atoms with Crippen molar-refractivity contribution in [3.05, 3.63) is 10.6 Å². The lowest BCUT2D eigenvalue weighted by atomic mass is 9.99. The number of hydrogen-bond donors (Lipinski definition) is 1.